The van der Waals surface area contributed by atoms with Crippen LogP contribution in [0.3, 0.4) is 0 Å². The molecule has 3 N–H and O–H groups in total. The fourth-order valence-electron chi connectivity index (χ4n) is 11.2. The van der Waals surface area contributed by atoms with Gasteiger partial charge in [0.05, 0.1) is 56.7 Å². The smallest absolute Gasteiger partial charge is 0.318 e. The van der Waals surface area contributed by atoms with Gasteiger partial charge < -0.3 is 15.8 Å². The molecule has 3 aliphatic heterocycles. The number of carbonyl (C=O) groups is 7. The highest BCUT2D eigenvalue weighted by Gasteiger charge is 2.61. The molecule has 0 spiro atoms. The summed E-state index contributed by atoms with van der Waals surface area (Å²) in [5.74, 6) is -1.10. The van der Waals surface area contributed by atoms with Crippen molar-refractivity contribution in [2.24, 2.45) is 71.0 Å². The molecule has 6 bridgehead atoms. The van der Waals surface area contributed by atoms with Crippen molar-refractivity contribution in [3.05, 3.63) is 129 Å². The van der Waals surface area contributed by atoms with Crippen LogP contribution in [0.2, 0.25) is 0 Å². The van der Waals surface area contributed by atoms with Crippen molar-refractivity contribution in [2.75, 3.05) is 20.9 Å². The summed E-state index contributed by atoms with van der Waals surface area (Å²) in [6.45, 7) is 1.44. The topological polar surface area (TPSA) is 260 Å². The van der Waals surface area contributed by atoms with Crippen molar-refractivity contribution in [1.82, 2.24) is 0 Å². The second kappa shape index (κ2) is 19.2. The number of hydrogen-bond acceptors (Lipinski definition) is 13. The number of esters is 2. The van der Waals surface area contributed by atoms with E-state index in [1.165, 1.54) is 65.3 Å². The number of imide groups is 2. The number of cyclic esters (lactones) is 2. The fraction of sp³-hybridized carbons (Fsp3) is 0.340. The van der Waals surface area contributed by atoms with Crippen molar-refractivity contribution >= 4 is 113 Å². The number of benzene rings is 3. The largest absolute Gasteiger partial charge is 0.399 e. The molecule has 6 aliphatic carbocycles. The van der Waals surface area contributed by atoms with Gasteiger partial charge in [-0.25, -0.2) is 0 Å². The second-order valence-corrected chi connectivity index (χ2v) is 17.6. The van der Waals surface area contributed by atoms with Gasteiger partial charge in [-0.15, -0.1) is 0 Å². The van der Waals surface area contributed by atoms with Gasteiger partial charge in [-0.1, -0.05) is 36.5 Å². The zero-order chi connectivity index (χ0) is 48.0. The highest BCUT2D eigenvalue weighted by Crippen LogP contribution is 2.55. The number of rotatable bonds is 5. The van der Waals surface area contributed by atoms with Crippen LogP contribution < -0.4 is 20.9 Å². The highest BCUT2D eigenvalue weighted by molar-refractivity contribution is 15.0. The number of anilines is 4. The van der Waals surface area contributed by atoms with Gasteiger partial charge in [0.1, 0.15) is 0 Å². The molecule has 6 fully saturated rings. The van der Waals surface area contributed by atoms with Crippen molar-refractivity contribution < 1.29 is 49.6 Å². The minimum absolute atomic E-state index is 0. The number of nitrogens with one attached hydrogen (secondary N) is 1. The molecule has 3 heterocycles. The number of fused-ring (bicyclic) bond motifs is 15. The summed E-state index contributed by atoms with van der Waals surface area (Å²) in [5.41, 5.74) is 7.50. The quantitative estimate of drug-likeness (QED) is 0.0366. The fourth-order valence-corrected chi connectivity index (χ4v) is 11.2. The lowest BCUT2D eigenvalue weighted by Gasteiger charge is -2.17. The maximum Gasteiger partial charge on any atom is 0.318 e. The Labute approximate surface area is 407 Å². The van der Waals surface area contributed by atoms with Crippen LogP contribution in [0.4, 0.5) is 34.1 Å². The number of nitro groups is 2. The molecule has 12 atom stereocenters. The Bertz CT molecular complexity index is 2580. The number of nitrogens with zero attached hydrogens (tertiary/aromatic N) is 4. The van der Waals surface area contributed by atoms with Gasteiger partial charge in [-0.05, 0) is 103 Å². The molecule has 0 unspecified atom stereocenters. The number of non-ortho nitro benzene ring substituents is 2. The number of nitrogens with two attached hydrogens (primary N) is 1. The van der Waals surface area contributed by atoms with Gasteiger partial charge in [0.15, 0.2) is 0 Å². The normalized spacial score (nSPS) is 30.9. The molecule has 67 heavy (non-hydrogen) atoms. The lowest BCUT2D eigenvalue weighted by molar-refractivity contribution is -0.385. The number of carbonyl (C=O) groups excluding carboxylic acids is 7. The van der Waals surface area contributed by atoms with E-state index in [-0.39, 0.29) is 125 Å². The average molecular weight is 1140 g/mol. The van der Waals surface area contributed by atoms with Crippen molar-refractivity contribution in [3.8, 4) is 0 Å². The van der Waals surface area contributed by atoms with Crippen LogP contribution in [-0.4, -0.2) is 51.3 Å². The van der Waals surface area contributed by atoms with Crippen LogP contribution in [0.5, 0.6) is 0 Å². The molecule has 348 valence electrons. The molecule has 5 amide bonds. The third-order valence-corrected chi connectivity index (χ3v) is 14.0. The number of ether oxygens (including phenoxy) is 1. The molecule has 0 aromatic heterocycles. The van der Waals surface area contributed by atoms with Crippen LogP contribution in [-0.2, 0) is 38.3 Å². The standard InChI is InChI=1S/C17H16N2O3.C15H12N2O4.C9H8O3.C6H6N2O2.I2.H2/c1-9(20)18-12-4-6-13(7-5-12)19-16(21)14-10-2-3-11(8-10)15(14)17(19)22;18-14-12-8-1-2-9(7-8)13(12)15(19)16(14)10-3-5-11(6-4-10)17(20)21;10-8-6-4-1-2-5(3-4)7(6)9(11)12-8;7-5-1-3-6(4-2-5)8(9)10;1-2;/h2-7,10-11,14-15H,8H2,1H3,(H,18,20);1-6,8-9,12-13H,7H2;1-2,4-7H,3H2;1-4H,7H2;;1H/t10-,11+,14-,15+;8-,9+,12-,13+;4-,5+,6-,7+;;;/i;;;;;1+1. The Morgan fingerprint density at radius 2 is 0.866 bits per heavy atom. The minimum atomic E-state index is -0.504. The third-order valence-electron chi connectivity index (χ3n) is 14.0. The molecular formula is C47H44I2N6O12. The van der Waals surface area contributed by atoms with Crippen LogP contribution in [0.1, 0.15) is 27.6 Å². The Hall–Kier alpha value is -6.17. The molecule has 12 rings (SSSR count). The van der Waals surface area contributed by atoms with E-state index >= 15 is 0 Å². The van der Waals surface area contributed by atoms with E-state index in [1.54, 1.807) is 24.3 Å². The number of nitrogen functional groups attached to an aromatic ring is 1. The summed E-state index contributed by atoms with van der Waals surface area (Å²) in [7, 11) is 0. The Morgan fingerprint density at radius 3 is 1.18 bits per heavy atom. The summed E-state index contributed by atoms with van der Waals surface area (Å²) < 4.78 is 4.59. The zero-order valence-electron chi connectivity index (χ0n) is 35.5. The first kappa shape index (κ1) is 47.3. The number of hydrogen-bond donors (Lipinski definition) is 2. The first-order valence-electron chi connectivity index (χ1n) is 21.4. The van der Waals surface area contributed by atoms with E-state index < -0.39 is 9.85 Å². The predicted molar refractivity (Wildman–Crippen MR) is 261 cm³/mol. The van der Waals surface area contributed by atoms with Gasteiger partial charge in [-0.2, -0.15) is 0 Å². The zero-order valence-corrected chi connectivity index (χ0v) is 39.8. The first-order valence-corrected chi connectivity index (χ1v) is 27.7. The van der Waals surface area contributed by atoms with E-state index in [0.717, 1.165) is 19.3 Å². The van der Waals surface area contributed by atoms with Crippen LogP contribution in [0.25, 0.3) is 0 Å². The Morgan fingerprint density at radius 1 is 0.567 bits per heavy atom. The van der Waals surface area contributed by atoms with E-state index in [9.17, 15) is 53.8 Å². The molecule has 0 radical (unpaired) electrons. The van der Waals surface area contributed by atoms with E-state index in [2.05, 4.69) is 59.4 Å². The maximum atomic E-state index is 12.7. The lowest BCUT2D eigenvalue weighted by Crippen LogP contribution is -2.32. The molecule has 18 nitrogen and oxygen atoms in total. The van der Waals surface area contributed by atoms with E-state index in [0.29, 0.717) is 22.7 Å². The average Bonchev–Trinajstić information content (AvgIpc) is 4.20. The first-order chi connectivity index (χ1) is 32.1. The second-order valence-electron chi connectivity index (χ2n) is 17.6. The van der Waals surface area contributed by atoms with Gasteiger partial charge in [0, 0.05) is 81.2 Å². The van der Waals surface area contributed by atoms with Gasteiger partial charge in [0.2, 0.25) is 29.5 Å². The molecule has 3 aromatic rings. The molecule has 20 heteroatoms. The SMILES string of the molecule is CC(=O)Nc1ccc(N2C(=O)[C@@H]3[C@H](C2=O)[C@@H]2C=C[C@H]3C2)cc1.II.Nc1ccc([N+](=O)[O-])cc1.O=C1OC(=O)[C@H]2[C@@H]1[C@H]1C=C[C@@H]2C1.O=C1[C@@H]2[C@H](C(=O)N1c1ccc([N+](=O)[O-])cc1)[C@@H]1C=C[C@H]2C1.[2HH]. The van der Waals surface area contributed by atoms with Gasteiger partial charge in [0.25, 0.3) is 11.4 Å². The summed E-state index contributed by atoms with van der Waals surface area (Å²) >= 11 is 4.24. The van der Waals surface area contributed by atoms with Crippen molar-refractivity contribution in [1.29, 1.82) is 0 Å². The molecule has 3 saturated carbocycles. The van der Waals surface area contributed by atoms with Crippen molar-refractivity contribution in [3.63, 3.8) is 0 Å². The van der Waals surface area contributed by atoms with Crippen LogP contribution in [0.15, 0.2) is 109 Å². The molecule has 3 aromatic carbocycles. The molecule has 9 aliphatic rings. The molecular weight excluding hydrogens is 1090 g/mol. The van der Waals surface area contributed by atoms with Crippen LogP contribution in [0, 0.1) is 91.2 Å². The van der Waals surface area contributed by atoms with E-state index in [1.807, 2.05) is 24.3 Å². The lowest BCUT2D eigenvalue weighted by atomic mass is 9.85. The summed E-state index contributed by atoms with van der Waals surface area (Å²) in [5, 5.41) is 23.4. The Kier molecular flexibility index (Phi) is 13.6. The summed E-state index contributed by atoms with van der Waals surface area (Å²) in [6, 6.07) is 18.1. The monoisotopic (exact) mass is 1140 g/mol. The van der Waals surface area contributed by atoms with Crippen LogP contribution >= 0.6 is 37.2 Å². The van der Waals surface area contributed by atoms with Crippen molar-refractivity contribution in [2.45, 2.75) is 26.2 Å². The van der Waals surface area contributed by atoms with Gasteiger partial charge in [-0.3, -0.25) is 63.6 Å². The molecule has 3 saturated heterocycles. The number of amides is 5. The van der Waals surface area contributed by atoms with Gasteiger partial charge >= 0.3 is 11.9 Å². The summed E-state index contributed by atoms with van der Waals surface area (Å²) in [4.78, 5) is 106. The minimum Gasteiger partial charge on any atom is -0.399 e. The maximum absolute atomic E-state index is 12.7. The number of nitro benzene ring substituents is 2. The number of allylic oxidation sites excluding steroid dienone is 6. The Balaban J connectivity index is 0.000000138. The number of halogens is 2. The van der Waals surface area contributed by atoms with E-state index in [4.69, 9.17) is 5.73 Å². The predicted octanol–water partition coefficient (Wildman–Crippen LogP) is 7.57. The summed E-state index contributed by atoms with van der Waals surface area (Å²) in [6.07, 6.45) is 15.1. The highest BCUT2D eigenvalue weighted by atomic mass is 128. The third kappa shape index (κ3) is 8.80.